The van der Waals surface area contributed by atoms with E-state index in [1.807, 2.05) is 32.9 Å². The Hall–Kier alpha value is -3.13. The molecule has 3 rings (SSSR count). The lowest BCUT2D eigenvalue weighted by Gasteiger charge is -2.12. The summed E-state index contributed by atoms with van der Waals surface area (Å²) < 4.78 is 7.00. The van der Waals surface area contributed by atoms with Crippen LogP contribution in [-0.2, 0) is 13.0 Å². The number of benzene rings is 1. The zero-order valence-electron chi connectivity index (χ0n) is 16.9. The van der Waals surface area contributed by atoms with Crippen molar-refractivity contribution in [1.29, 1.82) is 0 Å². The van der Waals surface area contributed by atoms with E-state index in [-0.39, 0.29) is 11.8 Å². The van der Waals surface area contributed by atoms with E-state index < -0.39 is 0 Å². The monoisotopic (exact) mass is 412 g/mol. The fraction of sp³-hybridized carbons (Fsp3) is 0.286. The maximum Gasteiger partial charge on any atom is 0.276 e. The average molecular weight is 413 g/mol. The first-order chi connectivity index (χ1) is 14.0. The van der Waals surface area contributed by atoms with Crippen molar-refractivity contribution in [1.82, 2.24) is 9.78 Å². The first-order valence-corrected chi connectivity index (χ1v) is 10.2. The predicted octanol–water partition coefficient (Wildman–Crippen LogP) is 4.35. The Morgan fingerprint density at radius 1 is 1.14 bits per heavy atom. The minimum Gasteiger partial charge on any atom is -0.495 e. The number of carbonyl (C=O) groups is 2. The lowest BCUT2D eigenvalue weighted by atomic mass is 10.1. The number of hydrogen-bond donors (Lipinski definition) is 2. The quantitative estimate of drug-likeness (QED) is 0.604. The summed E-state index contributed by atoms with van der Waals surface area (Å²) in [6.07, 6.45) is 2.43. The Morgan fingerprint density at radius 2 is 1.90 bits per heavy atom. The molecule has 2 heterocycles. The van der Waals surface area contributed by atoms with Crippen LogP contribution in [0.5, 0.6) is 5.75 Å². The number of nitrogens with zero attached hydrogens (tertiary/aromatic N) is 2. The van der Waals surface area contributed by atoms with Gasteiger partial charge in [0.05, 0.1) is 18.4 Å². The van der Waals surface area contributed by atoms with Gasteiger partial charge < -0.3 is 15.4 Å². The number of rotatable bonds is 7. The summed E-state index contributed by atoms with van der Waals surface area (Å²) in [6, 6.07) is 8.88. The number of para-hydroxylation sites is 2. The van der Waals surface area contributed by atoms with Gasteiger partial charge in [0.2, 0.25) is 0 Å². The third-order valence-corrected chi connectivity index (χ3v) is 5.63. The van der Waals surface area contributed by atoms with E-state index in [9.17, 15) is 9.59 Å². The number of amides is 2. The molecule has 0 aliphatic heterocycles. The van der Waals surface area contributed by atoms with Crippen molar-refractivity contribution >= 4 is 33.8 Å². The largest absolute Gasteiger partial charge is 0.495 e. The fourth-order valence-corrected chi connectivity index (χ4v) is 4.23. The van der Waals surface area contributed by atoms with Gasteiger partial charge in [0, 0.05) is 17.6 Å². The molecule has 1 aromatic carbocycles. The van der Waals surface area contributed by atoms with Crippen LogP contribution in [0.15, 0.2) is 36.5 Å². The summed E-state index contributed by atoms with van der Waals surface area (Å²) in [5.41, 5.74) is 2.28. The standard InChI is InChI=1S/C21H24N4O3S/c1-5-14-13(3)29-21(23-19(26)16-11-12-25(6-2)24-16)18(14)20(27)22-15-9-7-8-10-17(15)28-4/h7-12H,5-6H2,1-4H3,(H,22,27)(H,23,26). The molecule has 29 heavy (non-hydrogen) atoms. The Kier molecular flexibility index (Phi) is 6.33. The Balaban J connectivity index is 1.91. The number of aryl methyl sites for hydroxylation is 2. The van der Waals surface area contributed by atoms with E-state index >= 15 is 0 Å². The number of methoxy groups -OCH3 is 1. The molecule has 0 bridgehead atoms. The molecule has 0 atom stereocenters. The van der Waals surface area contributed by atoms with Crippen molar-refractivity contribution in [3.05, 3.63) is 58.2 Å². The van der Waals surface area contributed by atoms with Crippen molar-refractivity contribution in [2.45, 2.75) is 33.7 Å². The van der Waals surface area contributed by atoms with Crippen molar-refractivity contribution in [2.75, 3.05) is 17.7 Å². The first-order valence-electron chi connectivity index (χ1n) is 9.39. The second-order valence-corrected chi connectivity index (χ2v) is 7.58. The van der Waals surface area contributed by atoms with E-state index in [2.05, 4.69) is 15.7 Å². The van der Waals surface area contributed by atoms with Crippen LogP contribution in [0.25, 0.3) is 0 Å². The number of carbonyl (C=O) groups excluding carboxylic acids is 2. The van der Waals surface area contributed by atoms with Gasteiger partial charge in [-0.2, -0.15) is 5.10 Å². The highest BCUT2D eigenvalue weighted by atomic mass is 32.1. The first kappa shape index (κ1) is 20.6. The maximum absolute atomic E-state index is 13.1. The highest BCUT2D eigenvalue weighted by molar-refractivity contribution is 7.16. The number of aromatic nitrogens is 2. The van der Waals surface area contributed by atoms with Crippen LogP contribution in [0.4, 0.5) is 10.7 Å². The Bertz CT molecular complexity index is 1040. The third kappa shape index (κ3) is 4.32. The fourth-order valence-electron chi connectivity index (χ4n) is 3.09. The van der Waals surface area contributed by atoms with Gasteiger partial charge in [0.1, 0.15) is 10.8 Å². The van der Waals surface area contributed by atoms with Gasteiger partial charge in [-0.1, -0.05) is 19.1 Å². The molecule has 7 nitrogen and oxygen atoms in total. The third-order valence-electron chi connectivity index (χ3n) is 4.57. The van der Waals surface area contributed by atoms with E-state index in [4.69, 9.17) is 4.74 Å². The lowest BCUT2D eigenvalue weighted by molar-refractivity contribution is 0.102. The number of thiophene rings is 1. The molecule has 2 amide bonds. The lowest BCUT2D eigenvalue weighted by Crippen LogP contribution is -2.18. The van der Waals surface area contributed by atoms with Gasteiger partial charge >= 0.3 is 0 Å². The molecule has 0 fully saturated rings. The molecule has 2 aromatic heterocycles. The van der Waals surface area contributed by atoms with Crippen LogP contribution >= 0.6 is 11.3 Å². The van der Waals surface area contributed by atoms with E-state index in [0.29, 0.717) is 40.7 Å². The molecule has 0 saturated carbocycles. The second-order valence-electron chi connectivity index (χ2n) is 6.36. The number of anilines is 2. The normalized spacial score (nSPS) is 10.6. The van der Waals surface area contributed by atoms with Crippen LogP contribution in [0.1, 0.15) is 45.1 Å². The molecule has 0 saturated heterocycles. The zero-order valence-corrected chi connectivity index (χ0v) is 17.7. The van der Waals surface area contributed by atoms with Crippen molar-refractivity contribution in [3.63, 3.8) is 0 Å². The van der Waals surface area contributed by atoms with Gasteiger partial charge in [-0.3, -0.25) is 14.3 Å². The summed E-state index contributed by atoms with van der Waals surface area (Å²) in [6.45, 7) is 6.57. The van der Waals surface area contributed by atoms with Crippen molar-refractivity contribution < 1.29 is 14.3 Å². The van der Waals surface area contributed by atoms with Gasteiger partial charge in [0.15, 0.2) is 5.69 Å². The van der Waals surface area contributed by atoms with E-state index in [0.717, 1.165) is 10.4 Å². The molecular formula is C21H24N4O3S. The minimum atomic E-state index is -0.340. The summed E-state index contributed by atoms with van der Waals surface area (Å²) in [4.78, 5) is 26.8. The van der Waals surface area contributed by atoms with Gasteiger partial charge in [0.25, 0.3) is 11.8 Å². The van der Waals surface area contributed by atoms with Gasteiger partial charge in [-0.15, -0.1) is 11.3 Å². The highest BCUT2D eigenvalue weighted by Crippen LogP contribution is 2.35. The Morgan fingerprint density at radius 3 is 2.55 bits per heavy atom. The summed E-state index contributed by atoms with van der Waals surface area (Å²) >= 11 is 1.39. The molecule has 0 radical (unpaired) electrons. The van der Waals surface area contributed by atoms with Gasteiger partial charge in [-0.25, -0.2) is 0 Å². The number of nitrogens with one attached hydrogen (secondary N) is 2. The maximum atomic E-state index is 13.1. The Labute approximate surface area is 173 Å². The minimum absolute atomic E-state index is 0.287. The molecule has 0 spiro atoms. The zero-order chi connectivity index (χ0) is 21.0. The molecule has 0 aliphatic carbocycles. The summed E-state index contributed by atoms with van der Waals surface area (Å²) in [5.74, 6) is -0.0564. The highest BCUT2D eigenvalue weighted by Gasteiger charge is 2.24. The van der Waals surface area contributed by atoms with E-state index in [1.54, 1.807) is 36.2 Å². The SMILES string of the molecule is CCc1c(C)sc(NC(=O)c2ccn(CC)n2)c1C(=O)Nc1ccccc1OC. The molecule has 0 unspecified atom stereocenters. The molecule has 3 aromatic rings. The van der Waals surface area contributed by atoms with Crippen LogP contribution in [0.2, 0.25) is 0 Å². The number of hydrogen-bond acceptors (Lipinski definition) is 5. The van der Waals surface area contributed by atoms with Crippen LogP contribution < -0.4 is 15.4 Å². The van der Waals surface area contributed by atoms with E-state index in [1.165, 1.54) is 11.3 Å². The predicted molar refractivity (Wildman–Crippen MR) is 115 cm³/mol. The van der Waals surface area contributed by atoms with Gasteiger partial charge in [-0.05, 0) is 44.0 Å². The van der Waals surface area contributed by atoms with Crippen molar-refractivity contribution in [2.24, 2.45) is 0 Å². The van der Waals surface area contributed by atoms with Crippen LogP contribution in [0.3, 0.4) is 0 Å². The van der Waals surface area contributed by atoms with Crippen molar-refractivity contribution in [3.8, 4) is 5.75 Å². The molecule has 8 heteroatoms. The van der Waals surface area contributed by atoms with Crippen LogP contribution in [0, 0.1) is 6.92 Å². The van der Waals surface area contributed by atoms with Crippen LogP contribution in [-0.4, -0.2) is 28.7 Å². The second kappa shape index (κ2) is 8.91. The summed E-state index contributed by atoms with van der Waals surface area (Å²) in [5, 5.41) is 10.5. The topological polar surface area (TPSA) is 85.2 Å². The molecule has 152 valence electrons. The smallest absolute Gasteiger partial charge is 0.276 e. The molecule has 0 aliphatic rings. The summed E-state index contributed by atoms with van der Waals surface area (Å²) in [7, 11) is 1.55. The number of ether oxygens (including phenoxy) is 1. The molecular weight excluding hydrogens is 388 g/mol. The molecule has 2 N–H and O–H groups in total. The average Bonchev–Trinajstić information content (AvgIpc) is 3.32.